The number of hydrogen-bond donors (Lipinski definition) is 0. The van der Waals surface area contributed by atoms with Gasteiger partial charge in [-0.25, -0.2) is 0 Å². The van der Waals surface area contributed by atoms with Crippen molar-refractivity contribution in [1.29, 1.82) is 0 Å². The van der Waals surface area contributed by atoms with Gasteiger partial charge >= 0.3 is 0 Å². The predicted octanol–water partition coefficient (Wildman–Crippen LogP) is 3.63. The van der Waals surface area contributed by atoms with E-state index in [1.807, 2.05) is 37.5 Å². The second-order valence-corrected chi connectivity index (χ2v) is 8.09. The van der Waals surface area contributed by atoms with Crippen LogP contribution >= 0.6 is 11.3 Å². The van der Waals surface area contributed by atoms with Gasteiger partial charge in [0, 0.05) is 6.54 Å². The van der Waals surface area contributed by atoms with E-state index in [0.29, 0.717) is 11.3 Å². The highest BCUT2D eigenvalue weighted by Crippen LogP contribution is 2.20. The van der Waals surface area contributed by atoms with Crippen molar-refractivity contribution in [3.05, 3.63) is 58.4 Å². The Labute approximate surface area is 139 Å². The lowest BCUT2D eigenvalue weighted by Crippen LogP contribution is -2.16. The summed E-state index contributed by atoms with van der Waals surface area (Å²) < 4.78 is 32.2. The quantitative estimate of drug-likeness (QED) is 0.727. The zero-order valence-electron chi connectivity index (χ0n) is 13.3. The van der Waals surface area contributed by atoms with Crippen LogP contribution in [0.15, 0.2) is 51.8 Å². The molecular formula is C17H18N2O2S2. The first-order valence-corrected chi connectivity index (χ1v) is 9.64. The van der Waals surface area contributed by atoms with Crippen molar-refractivity contribution in [2.45, 2.75) is 32.2 Å². The first kappa shape index (κ1) is 16.0. The maximum Gasteiger partial charge on any atom is 0.285 e. The van der Waals surface area contributed by atoms with Crippen LogP contribution in [0.1, 0.15) is 18.1 Å². The van der Waals surface area contributed by atoms with E-state index >= 15 is 0 Å². The molecule has 0 atom stereocenters. The topological polar surface area (TPSA) is 51.4 Å². The number of aromatic nitrogens is 1. The van der Waals surface area contributed by atoms with Gasteiger partial charge in [-0.3, -0.25) is 0 Å². The Morgan fingerprint density at radius 1 is 1.04 bits per heavy atom. The van der Waals surface area contributed by atoms with Crippen LogP contribution in [0.3, 0.4) is 0 Å². The summed E-state index contributed by atoms with van der Waals surface area (Å²) in [7, 11) is -3.71. The third kappa shape index (κ3) is 3.09. The molecule has 4 nitrogen and oxygen atoms in total. The molecule has 3 rings (SSSR count). The summed E-state index contributed by atoms with van der Waals surface area (Å²) in [5.41, 5.74) is 3.18. The number of nitrogens with zero attached hydrogens (tertiary/aromatic N) is 2. The highest BCUT2D eigenvalue weighted by molar-refractivity contribution is 7.90. The van der Waals surface area contributed by atoms with E-state index in [9.17, 15) is 8.42 Å². The summed E-state index contributed by atoms with van der Waals surface area (Å²) in [5, 5.41) is 0. The molecule has 0 radical (unpaired) electrons. The number of aryl methyl sites for hydroxylation is 3. The van der Waals surface area contributed by atoms with Crippen LogP contribution in [0.4, 0.5) is 0 Å². The van der Waals surface area contributed by atoms with Crippen LogP contribution in [0.25, 0.3) is 10.2 Å². The molecule has 23 heavy (non-hydrogen) atoms. The minimum Gasteiger partial charge on any atom is -0.316 e. The van der Waals surface area contributed by atoms with E-state index in [1.165, 1.54) is 11.3 Å². The van der Waals surface area contributed by atoms with Crippen molar-refractivity contribution < 1.29 is 8.42 Å². The van der Waals surface area contributed by atoms with Gasteiger partial charge in [0.2, 0.25) is 4.80 Å². The highest BCUT2D eigenvalue weighted by atomic mass is 32.2. The van der Waals surface area contributed by atoms with Crippen molar-refractivity contribution >= 4 is 31.6 Å². The smallest absolute Gasteiger partial charge is 0.285 e. The van der Waals surface area contributed by atoms with Crippen molar-refractivity contribution in [3.63, 3.8) is 0 Å². The van der Waals surface area contributed by atoms with Crippen molar-refractivity contribution in [2.75, 3.05) is 0 Å². The third-order valence-corrected chi connectivity index (χ3v) is 6.11. The molecule has 2 aromatic carbocycles. The fourth-order valence-corrected chi connectivity index (χ4v) is 4.82. The molecule has 0 bridgehead atoms. The van der Waals surface area contributed by atoms with E-state index in [2.05, 4.69) is 10.5 Å². The summed E-state index contributed by atoms with van der Waals surface area (Å²) in [6, 6.07) is 12.9. The Kier molecular flexibility index (Phi) is 4.12. The summed E-state index contributed by atoms with van der Waals surface area (Å²) in [6.45, 7) is 6.61. The SMILES string of the molecule is CCn1c(=NS(=O)(=O)c2ccc(C)cc2)sc2cc(C)ccc21. The molecule has 0 saturated heterocycles. The fourth-order valence-electron chi connectivity index (χ4n) is 2.42. The molecular weight excluding hydrogens is 328 g/mol. The van der Waals surface area contributed by atoms with Crippen LogP contribution in [-0.2, 0) is 16.6 Å². The van der Waals surface area contributed by atoms with Gasteiger partial charge in [-0.2, -0.15) is 8.42 Å². The maximum absolute atomic E-state index is 12.6. The third-order valence-electron chi connectivity index (χ3n) is 3.67. The lowest BCUT2D eigenvalue weighted by molar-refractivity contribution is 0.595. The zero-order valence-corrected chi connectivity index (χ0v) is 14.9. The van der Waals surface area contributed by atoms with E-state index in [1.54, 1.807) is 24.3 Å². The first-order valence-electron chi connectivity index (χ1n) is 7.38. The number of rotatable bonds is 3. The number of benzene rings is 2. The van der Waals surface area contributed by atoms with E-state index < -0.39 is 10.0 Å². The van der Waals surface area contributed by atoms with Gasteiger partial charge in [0.05, 0.1) is 15.1 Å². The monoisotopic (exact) mass is 346 g/mol. The van der Waals surface area contributed by atoms with Gasteiger partial charge in [0.25, 0.3) is 10.0 Å². The Hall–Kier alpha value is -1.92. The van der Waals surface area contributed by atoms with Crippen LogP contribution in [0.2, 0.25) is 0 Å². The standard InChI is InChI=1S/C17H18N2O2S2/c1-4-19-15-10-7-13(3)11-16(15)22-17(19)18-23(20,21)14-8-5-12(2)6-9-14/h5-11H,4H2,1-3H3. The molecule has 1 heterocycles. The molecule has 0 N–H and O–H groups in total. The molecule has 0 spiro atoms. The molecule has 0 aliphatic rings. The molecule has 0 saturated carbocycles. The van der Waals surface area contributed by atoms with Crippen LogP contribution in [0.5, 0.6) is 0 Å². The first-order chi connectivity index (χ1) is 10.9. The zero-order chi connectivity index (χ0) is 16.6. The summed E-state index contributed by atoms with van der Waals surface area (Å²) >= 11 is 1.40. The maximum atomic E-state index is 12.6. The van der Waals surface area contributed by atoms with Gasteiger partial charge < -0.3 is 4.57 Å². The molecule has 120 valence electrons. The second-order valence-electron chi connectivity index (χ2n) is 5.48. The van der Waals surface area contributed by atoms with Crippen molar-refractivity contribution in [1.82, 2.24) is 4.57 Å². The summed E-state index contributed by atoms with van der Waals surface area (Å²) in [4.78, 5) is 0.730. The molecule has 0 amide bonds. The van der Waals surface area contributed by atoms with Gasteiger partial charge in [-0.05, 0) is 50.6 Å². The molecule has 6 heteroatoms. The summed E-state index contributed by atoms with van der Waals surface area (Å²) in [6.07, 6.45) is 0. The average Bonchev–Trinajstić information content (AvgIpc) is 2.82. The number of sulfonamides is 1. The number of fused-ring (bicyclic) bond motifs is 1. The van der Waals surface area contributed by atoms with Gasteiger partial charge in [0.1, 0.15) is 0 Å². The molecule has 0 unspecified atom stereocenters. The van der Waals surface area contributed by atoms with E-state index in [-0.39, 0.29) is 4.90 Å². The number of thiazole rings is 1. The highest BCUT2D eigenvalue weighted by Gasteiger charge is 2.14. The molecule has 0 aliphatic carbocycles. The average molecular weight is 346 g/mol. The minimum absolute atomic E-state index is 0.222. The second kappa shape index (κ2) is 5.94. The molecule has 3 aromatic rings. The predicted molar refractivity (Wildman–Crippen MR) is 94.2 cm³/mol. The Morgan fingerprint density at radius 3 is 2.35 bits per heavy atom. The molecule has 0 fully saturated rings. The Bertz CT molecular complexity index is 1030. The van der Waals surface area contributed by atoms with Crippen molar-refractivity contribution in [2.24, 2.45) is 4.40 Å². The Balaban J connectivity index is 2.22. The van der Waals surface area contributed by atoms with Gasteiger partial charge in [0.15, 0.2) is 0 Å². The van der Waals surface area contributed by atoms with Gasteiger partial charge in [-0.1, -0.05) is 35.1 Å². The summed E-state index contributed by atoms with van der Waals surface area (Å²) in [5.74, 6) is 0. The fraction of sp³-hybridized carbons (Fsp3) is 0.235. The van der Waals surface area contributed by atoms with Gasteiger partial charge in [-0.15, -0.1) is 4.40 Å². The largest absolute Gasteiger partial charge is 0.316 e. The number of hydrogen-bond acceptors (Lipinski definition) is 3. The normalized spacial score (nSPS) is 12.9. The van der Waals surface area contributed by atoms with Crippen molar-refractivity contribution in [3.8, 4) is 0 Å². The molecule has 1 aromatic heterocycles. The van der Waals surface area contributed by atoms with E-state index in [0.717, 1.165) is 21.3 Å². The lowest BCUT2D eigenvalue weighted by atomic mass is 10.2. The Morgan fingerprint density at radius 2 is 1.70 bits per heavy atom. The van der Waals surface area contributed by atoms with Crippen LogP contribution in [-0.4, -0.2) is 13.0 Å². The minimum atomic E-state index is -3.71. The molecule has 0 aliphatic heterocycles. The van der Waals surface area contributed by atoms with Crippen LogP contribution < -0.4 is 4.80 Å². The lowest BCUT2D eigenvalue weighted by Gasteiger charge is -2.02. The van der Waals surface area contributed by atoms with Crippen LogP contribution in [0, 0.1) is 13.8 Å². The van der Waals surface area contributed by atoms with E-state index in [4.69, 9.17) is 0 Å².